The van der Waals surface area contributed by atoms with Gasteiger partial charge in [0, 0.05) is 5.69 Å². The maximum absolute atomic E-state index is 12.6. The highest BCUT2D eigenvalue weighted by Crippen LogP contribution is 2.30. The monoisotopic (exact) mass is 411 g/mol. The van der Waals surface area contributed by atoms with Gasteiger partial charge in [-0.3, -0.25) is 4.79 Å². The first-order valence-corrected chi connectivity index (χ1v) is 8.65. The van der Waals surface area contributed by atoms with Gasteiger partial charge >= 0.3 is 12.1 Å². The van der Waals surface area contributed by atoms with Crippen molar-refractivity contribution in [3.8, 4) is 11.5 Å². The summed E-state index contributed by atoms with van der Waals surface area (Å²) in [6.07, 6.45) is -5.65. The molecule has 0 unspecified atom stereocenters. The number of rotatable bonds is 7. The van der Waals surface area contributed by atoms with Crippen molar-refractivity contribution in [1.82, 2.24) is 0 Å². The van der Waals surface area contributed by atoms with Crippen LogP contribution in [0, 0.1) is 0 Å². The smallest absolute Gasteiger partial charge is 0.416 e. The van der Waals surface area contributed by atoms with Crippen molar-refractivity contribution in [2.24, 2.45) is 0 Å². The van der Waals surface area contributed by atoms with Gasteiger partial charge in [0.2, 0.25) is 0 Å². The lowest BCUT2D eigenvalue weighted by Gasteiger charge is -2.15. The molecule has 0 aliphatic heterocycles. The van der Waals surface area contributed by atoms with Crippen LogP contribution in [0.15, 0.2) is 42.5 Å². The Bertz CT molecular complexity index is 865. The molecule has 0 fully saturated rings. The van der Waals surface area contributed by atoms with Gasteiger partial charge in [0.1, 0.15) is 0 Å². The zero-order valence-electron chi connectivity index (χ0n) is 16.0. The quantitative estimate of drug-likeness (QED) is 0.688. The Kier molecular flexibility index (Phi) is 7.08. The van der Waals surface area contributed by atoms with Gasteiger partial charge < -0.3 is 19.5 Å². The van der Waals surface area contributed by atoms with Gasteiger partial charge in [0.05, 0.1) is 24.8 Å². The van der Waals surface area contributed by atoms with Crippen LogP contribution in [-0.4, -0.2) is 31.7 Å². The van der Waals surface area contributed by atoms with Crippen LogP contribution in [0.2, 0.25) is 0 Å². The fraction of sp³-hybridized carbons (Fsp3) is 0.300. The number of nitrogens with one attached hydrogen (secondary N) is 1. The summed E-state index contributed by atoms with van der Waals surface area (Å²) in [5.41, 5.74) is -0.531. The normalized spacial score (nSPS) is 12.1. The van der Waals surface area contributed by atoms with E-state index >= 15 is 0 Å². The number of ether oxygens (including phenoxy) is 3. The van der Waals surface area contributed by atoms with E-state index in [-0.39, 0.29) is 11.3 Å². The third-order valence-electron chi connectivity index (χ3n) is 3.83. The van der Waals surface area contributed by atoms with Gasteiger partial charge in [-0.25, -0.2) is 4.79 Å². The highest BCUT2D eigenvalue weighted by molar-refractivity contribution is 5.97. The molecule has 0 aliphatic carbocycles. The lowest BCUT2D eigenvalue weighted by Crippen LogP contribution is -2.30. The number of carbonyl (C=O) groups excluding carboxylic acids is 2. The summed E-state index contributed by atoms with van der Waals surface area (Å²) in [5, 5.41) is 2.40. The van der Waals surface area contributed by atoms with Crippen LogP contribution in [0.25, 0.3) is 0 Å². The molecule has 2 aromatic carbocycles. The van der Waals surface area contributed by atoms with Crippen LogP contribution >= 0.6 is 0 Å². The van der Waals surface area contributed by atoms with E-state index in [2.05, 4.69) is 5.32 Å². The minimum absolute atomic E-state index is 0.147. The van der Waals surface area contributed by atoms with Crippen LogP contribution < -0.4 is 14.8 Å². The second-order valence-electron chi connectivity index (χ2n) is 5.91. The van der Waals surface area contributed by atoms with Crippen molar-refractivity contribution in [3.63, 3.8) is 0 Å². The lowest BCUT2D eigenvalue weighted by molar-refractivity contribution is -0.137. The molecule has 0 radical (unpaired) electrons. The first-order valence-electron chi connectivity index (χ1n) is 8.65. The summed E-state index contributed by atoms with van der Waals surface area (Å²) >= 11 is 0. The summed E-state index contributed by atoms with van der Waals surface area (Å²) in [6.45, 7) is 3.49. The van der Waals surface area contributed by atoms with E-state index in [0.29, 0.717) is 18.1 Å². The molecule has 0 heterocycles. The number of amides is 1. The molecule has 0 aromatic heterocycles. The van der Waals surface area contributed by atoms with E-state index < -0.39 is 29.7 Å². The minimum Gasteiger partial charge on any atom is -0.493 e. The first-order chi connectivity index (χ1) is 13.7. The molecule has 0 saturated heterocycles. The highest BCUT2D eigenvalue weighted by Gasteiger charge is 2.30. The second kappa shape index (κ2) is 9.31. The van der Waals surface area contributed by atoms with Crippen LogP contribution in [0.3, 0.4) is 0 Å². The number of halogens is 3. The molecule has 0 bridgehead atoms. The Morgan fingerprint density at radius 3 is 2.28 bits per heavy atom. The lowest BCUT2D eigenvalue weighted by atomic mass is 10.2. The van der Waals surface area contributed by atoms with E-state index in [4.69, 9.17) is 14.2 Å². The number of alkyl halides is 3. The molecule has 0 saturated carbocycles. The van der Waals surface area contributed by atoms with Gasteiger partial charge in [-0.2, -0.15) is 13.2 Å². The van der Waals surface area contributed by atoms with Crippen LogP contribution in [0.1, 0.15) is 29.8 Å². The maximum atomic E-state index is 12.6. The van der Waals surface area contributed by atoms with Crippen LogP contribution in [-0.2, 0) is 15.7 Å². The fourth-order valence-corrected chi connectivity index (χ4v) is 2.34. The maximum Gasteiger partial charge on any atom is 0.416 e. The van der Waals surface area contributed by atoms with Crippen LogP contribution in [0.5, 0.6) is 11.5 Å². The van der Waals surface area contributed by atoms with Crippen molar-refractivity contribution in [2.75, 3.05) is 19.0 Å². The topological polar surface area (TPSA) is 73.9 Å². The zero-order valence-corrected chi connectivity index (χ0v) is 16.0. The highest BCUT2D eigenvalue weighted by atomic mass is 19.4. The van der Waals surface area contributed by atoms with Gasteiger partial charge in [-0.05, 0) is 56.3 Å². The number of carbonyl (C=O) groups is 2. The molecule has 1 atom stereocenters. The van der Waals surface area contributed by atoms with E-state index in [1.165, 1.54) is 32.2 Å². The minimum atomic E-state index is -4.47. The molecule has 0 spiro atoms. The Labute approximate surface area is 165 Å². The van der Waals surface area contributed by atoms with E-state index in [9.17, 15) is 22.8 Å². The summed E-state index contributed by atoms with van der Waals surface area (Å²) in [6, 6.07) is 8.36. The third-order valence-corrected chi connectivity index (χ3v) is 3.83. The molecule has 6 nitrogen and oxygen atoms in total. The molecule has 156 valence electrons. The summed E-state index contributed by atoms with van der Waals surface area (Å²) in [4.78, 5) is 24.5. The van der Waals surface area contributed by atoms with E-state index in [0.717, 1.165) is 24.3 Å². The third kappa shape index (κ3) is 5.87. The fourth-order valence-electron chi connectivity index (χ4n) is 2.34. The van der Waals surface area contributed by atoms with E-state index in [1.54, 1.807) is 6.92 Å². The van der Waals surface area contributed by atoms with Crippen molar-refractivity contribution in [1.29, 1.82) is 0 Å². The number of benzene rings is 2. The SMILES string of the molecule is CCOc1cc(C(=O)O[C@H](C)C(=O)Nc2ccc(C(F)(F)F)cc2)ccc1OC. The second-order valence-corrected chi connectivity index (χ2v) is 5.91. The molecule has 2 rings (SSSR count). The van der Waals surface area contributed by atoms with Crippen molar-refractivity contribution < 1.29 is 37.0 Å². The van der Waals surface area contributed by atoms with E-state index in [1.807, 2.05) is 0 Å². The Morgan fingerprint density at radius 1 is 1.07 bits per heavy atom. The standard InChI is InChI=1S/C20H20F3NO5/c1-4-28-17-11-13(5-10-16(17)27-3)19(26)29-12(2)18(25)24-15-8-6-14(7-9-15)20(21,22)23/h5-12H,4H2,1-3H3,(H,24,25)/t12-/m1/s1. The summed E-state index contributed by atoms with van der Waals surface area (Å²) < 4.78 is 53.4. The molecular formula is C20H20F3NO5. The van der Waals surface area contributed by atoms with Gasteiger partial charge in [-0.15, -0.1) is 0 Å². The predicted octanol–water partition coefficient (Wildman–Crippen LogP) is 4.30. The number of anilines is 1. The Morgan fingerprint density at radius 2 is 1.72 bits per heavy atom. The number of hydrogen-bond donors (Lipinski definition) is 1. The molecule has 29 heavy (non-hydrogen) atoms. The average molecular weight is 411 g/mol. The summed E-state index contributed by atoms with van der Waals surface area (Å²) in [7, 11) is 1.46. The van der Waals surface area contributed by atoms with Crippen LogP contribution in [0.4, 0.5) is 18.9 Å². The molecule has 2 aromatic rings. The number of methoxy groups -OCH3 is 1. The largest absolute Gasteiger partial charge is 0.493 e. The molecule has 1 amide bonds. The van der Waals surface area contributed by atoms with Gasteiger partial charge in [0.25, 0.3) is 5.91 Å². The average Bonchev–Trinajstić information content (AvgIpc) is 2.67. The first kappa shape index (κ1) is 22.1. The van der Waals surface area contributed by atoms with Crippen molar-refractivity contribution in [2.45, 2.75) is 26.1 Å². The number of hydrogen-bond acceptors (Lipinski definition) is 5. The van der Waals surface area contributed by atoms with Crippen molar-refractivity contribution in [3.05, 3.63) is 53.6 Å². The predicted molar refractivity (Wildman–Crippen MR) is 99.1 cm³/mol. The van der Waals surface area contributed by atoms with Crippen molar-refractivity contribution >= 4 is 17.6 Å². The molecule has 0 aliphatic rings. The molecule has 9 heteroatoms. The molecule has 1 N–H and O–H groups in total. The number of esters is 1. The Hall–Kier alpha value is -3.23. The summed E-state index contributed by atoms with van der Waals surface area (Å²) in [5.74, 6) is -0.650. The zero-order chi connectivity index (χ0) is 21.6. The molecular weight excluding hydrogens is 391 g/mol. The van der Waals surface area contributed by atoms with Gasteiger partial charge in [-0.1, -0.05) is 0 Å². The Balaban J connectivity index is 2.02. The van der Waals surface area contributed by atoms with Gasteiger partial charge in [0.15, 0.2) is 17.6 Å².